The van der Waals surface area contributed by atoms with Crippen LogP contribution >= 0.6 is 0 Å². The third kappa shape index (κ3) is 3.38. The Labute approximate surface area is 73.3 Å². The van der Waals surface area contributed by atoms with E-state index in [9.17, 15) is 4.79 Å². The summed E-state index contributed by atoms with van der Waals surface area (Å²) in [5.41, 5.74) is -0.451. The second-order valence-electron chi connectivity index (χ2n) is 3.62. The third-order valence-electron chi connectivity index (χ3n) is 1.72. The van der Waals surface area contributed by atoms with Gasteiger partial charge in [-0.3, -0.25) is 4.79 Å². The van der Waals surface area contributed by atoms with Gasteiger partial charge in [0.05, 0.1) is 24.5 Å². The first-order chi connectivity index (χ1) is 5.43. The molecule has 0 aliphatic rings. The second kappa shape index (κ2) is 4.10. The molecule has 3 nitrogen and oxygen atoms in total. The normalized spacial score (nSPS) is 13.2. The number of hydrogen-bond acceptors (Lipinski definition) is 3. The summed E-state index contributed by atoms with van der Waals surface area (Å²) in [6.07, 6.45) is 0.538. The van der Waals surface area contributed by atoms with Crippen molar-refractivity contribution in [3.05, 3.63) is 0 Å². The molecule has 0 heterocycles. The summed E-state index contributed by atoms with van der Waals surface area (Å²) in [5.74, 6) is -0.456. The van der Waals surface area contributed by atoms with E-state index in [1.165, 1.54) is 7.11 Å². The lowest BCUT2D eigenvalue weighted by Crippen LogP contribution is -2.20. The number of nitriles is 1. The van der Waals surface area contributed by atoms with E-state index in [4.69, 9.17) is 5.26 Å². The minimum absolute atomic E-state index is 0.204. The molecule has 1 atom stereocenters. The highest BCUT2D eigenvalue weighted by Gasteiger charge is 2.24. The van der Waals surface area contributed by atoms with Crippen LogP contribution in [0.2, 0.25) is 0 Å². The first-order valence-electron chi connectivity index (χ1n) is 3.92. The predicted molar refractivity (Wildman–Crippen MR) is 45.2 cm³/mol. The Kier molecular flexibility index (Phi) is 3.75. The van der Waals surface area contributed by atoms with E-state index in [0.29, 0.717) is 6.42 Å². The molecule has 0 N–H and O–H groups in total. The van der Waals surface area contributed by atoms with E-state index < -0.39 is 5.41 Å². The number of carbonyl (C=O) groups is 1. The molecule has 0 amide bonds. The van der Waals surface area contributed by atoms with Gasteiger partial charge in [-0.1, -0.05) is 6.92 Å². The summed E-state index contributed by atoms with van der Waals surface area (Å²) in [7, 11) is 1.36. The molecular formula is C9H15NO2. The zero-order valence-corrected chi connectivity index (χ0v) is 8.05. The fourth-order valence-electron chi connectivity index (χ4n) is 1.10. The van der Waals surface area contributed by atoms with Gasteiger partial charge in [0.2, 0.25) is 0 Å². The molecule has 3 heteroatoms. The van der Waals surface area contributed by atoms with Crippen molar-refractivity contribution >= 4 is 5.97 Å². The fraction of sp³-hybridized carbons (Fsp3) is 0.778. The molecule has 1 unspecified atom stereocenters. The summed E-state index contributed by atoms with van der Waals surface area (Å²) in [4.78, 5) is 11.0. The van der Waals surface area contributed by atoms with Crippen molar-refractivity contribution in [3.63, 3.8) is 0 Å². The number of rotatable bonds is 3. The van der Waals surface area contributed by atoms with Crippen LogP contribution in [0.15, 0.2) is 0 Å². The van der Waals surface area contributed by atoms with Crippen molar-refractivity contribution in [3.8, 4) is 6.07 Å². The maximum absolute atomic E-state index is 11.0. The number of esters is 1. The van der Waals surface area contributed by atoms with Crippen molar-refractivity contribution in [2.45, 2.75) is 27.2 Å². The molecule has 0 aliphatic heterocycles. The highest BCUT2D eigenvalue weighted by atomic mass is 16.5. The number of hydrogen-bond donors (Lipinski definition) is 0. The molecule has 0 aromatic rings. The lowest BCUT2D eigenvalue weighted by Gasteiger charge is -2.18. The Morgan fingerprint density at radius 2 is 2.17 bits per heavy atom. The molecule has 68 valence electrons. The highest BCUT2D eigenvalue weighted by molar-refractivity contribution is 5.71. The smallest absolute Gasteiger partial charge is 0.308 e. The first kappa shape index (κ1) is 11.0. The molecule has 0 bridgehead atoms. The van der Waals surface area contributed by atoms with Crippen molar-refractivity contribution < 1.29 is 9.53 Å². The van der Waals surface area contributed by atoms with Crippen LogP contribution in [0.4, 0.5) is 0 Å². The Hall–Kier alpha value is -1.04. The third-order valence-corrected chi connectivity index (χ3v) is 1.72. The van der Waals surface area contributed by atoms with Gasteiger partial charge in [0, 0.05) is 0 Å². The topological polar surface area (TPSA) is 50.1 Å². The number of nitrogens with zero attached hydrogens (tertiary/aromatic N) is 1. The van der Waals surface area contributed by atoms with Crippen molar-refractivity contribution in [2.24, 2.45) is 11.3 Å². The minimum Gasteiger partial charge on any atom is -0.469 e. The van der Waals surface area contributed by atoms with E-state index in [1.807, 2.05) is 13.8 Å². The summed E-state index contributed by atoms with van der Waals surface area (Å²) >= 11 is 0. The van der Waals surface area contributed by atoms with Crippen LogP contribution in [0.1, 0.15) is 27.2 Å². The average Bonchev–Trinajstić information content (AvgIpc) is 2.02. The van der Waals surface area contributed by atoms with E-state index in [-0.39, 0.29) is 11.9 Å². The number of ether oxygens (including phenoxy) is 1. The molecule has 0 rings (SSSR count). The van der Waals surface area contributed by atoms with Gasteiger partial charge in [-0.15, -0.1) is 0 Å². The summed E-state index contributed by atoms with van der Waals surface area (Å²) < 4.78 is 4.55. The molecule has 0 saturated carbocycles. The largest absolute Gasteiger partial charge is 0.469 e. The molecular weight excluding hydrogens is 154 g/mol. The molecule has 0 radical (unpaired) electrons. The van der Waals surface area contributed by atoms with Gasteiger partial charge in [0.15, 0.2) is 0 Å². The van der Waals surface area contributed by atoms with Crippen molar-refractivity contribution in [1.82, 2.24) is 0 Å². The van der Waals surface area contributed by atoms with E-state index in [0.717, 1.165) is 0 Å². The van der Waals surface area contributed by atoms with E-state index in [2.05, 4.69) is 10.8 Å². The molecule has 0 aliphatic carbocycles. The van der Waals surface area contributed by atoms with Crippen LogP contribution in [0.25, 0.3) is 0 Å². The SMILES string of the molecule is COC(=O)C(C)CC(C)(C)C#N. The molecule has 0 aromatic heterocycles. The standard InChI is InChI=1S/C9H15NO2/c1-7(8(11)12-4)5-9(2,3)6-10/h7H,5H2,1-4H3. The Morgan fingerprint density at radius 1 is 1.67 bits per heavy atom. The van der Waals surface area contributed by atoms with Crippen LogP contribution in [0.3, 0.4) is 0 Å². The van der Waals surface area contributed by atoms with Gasteiger partial charge in [0.1, 0.15) is 0 Å². The minimum atomic E-state index is -0.451. The van der Waals surface area contributed by atoms with Crippen molar-refractivity contribution in [2.75, 3.05) is 7.11 Å². The quantitative estimate of drug-likeness (QED) is 0.604. The Bertz CT molecular complexity index is 203. The molecule has 0 saturated heterocycles. The molecule has 0 spiro atoms. The van der Waals surface area contributed by atoms with Gasteiger partial charge in [0.25, 0.3) is 0 Å². The van der Waals surface area contributed by atoms with Gasteiger partial charge >= 0.3 is 5.97 Å². The van der Waals surface area contributed by atoms with Gasteiger partial charge in [-0.2, -0.15) is 5.26 Å². The summed E-state index contributed by atoms with van der Waals surface area (Å²) in [6, 6.07) is 2.14. The van der Waals surface area contributed by atoms with Gasteiger partial charge in [-0.05, 0) is 20.3 Å². The zero-order valence-electron chi connectivity index (χ0n) is 8.05. The maximum Gasteiger partial charge on any atom is 0.308 e. The lowest BCUT2D eigenvalue weighted by atomic mass is 9.85. The first-order valence-corrected chi connectivity index (χ1v) is 3.92. The maximum atomic E-state index is 11.0. The fourth-order valence-corrected chi connectivity index (χ4v) is 1.10. The van der Waals surface area contributed by atoms with E-state index in [1.54, 1.807) is 6.92 Å². The van der Waals surface area contributed by atoms with Crippen LogP contribution < -0.4 is 0 Å². The Balaban J connectivity index is 4.11. The number of carbonyl (C=O) groups excluding carboxylic acids is 1. The van der Waals surface area contributed by atoms with Crippen LogP contribution in [-0.4, -0.2) is 13.1 Å². The zero-order chi connectivity index (χ0) is 9.78. The molecule has 12 heavy (non-hydrogen) atoms. The Morgan fingerprint density at radius 3 is 2.50 bits per heavy atom. The molecule has 0 fully saturated rings. The van der Waals surface area contributed by atoms with Crippen LogP contribution in [0.5, 0.6) is 0 Å². The lowest BCUT2D eigenvalue weighted by molar-refractivity contribution is -0.145. The summed E-state index contributed by atoms with van der Waals surface area (Å²) in [6.45, 7) is 5.39. The van der Waals surface area contributed by atoms with Gasteiger partial charge < -0.3 is 4.74 Å². The second-order valence-corrected chi connectivity index (χ2v) is 3.62. The summed E-state index contributed by atoms with van der Waals surface area (Å²) in [5, 5.41) is 8.70. The highest BCUT2D eigenvalue weighted by Crippen LogP contribution is 2.24. The monoisotopic (exact) mass is 169 g/mol. The average molecular weight is 169 g/mol. The van der Waals surface area contributed by atoms with Gasteiger partial charge in [-0.25, -0.2) is 0 Å². The van der Waals surface area contributed by atoms with E-state index >= 15 is 0 Å². The van der Waals surface area contributed by atoms with Crippen molar-refractivity contribution in [1.29, 1.82) is 5.26 Å². The van der Waals surface area contributed by atoms with Crippen LogP contribution in [-0.2, 0) is 9.53 Å². The number of methoxy groups -OCH3 is 1. The predicted octanol–water partition coefficient (Wildman–Crippen LogP) is 1.74. The molecule has 0 aromatic carbocycles. The van der Waals surface area contributed by atoms with Crippen LogP contribution in [0, 0.1) is 22.7 Å².